The van der Waals surface area contributed by atoms with Gasteiger partial charge in [0.15, 0.2) is 5.82 Å². The molecule has 1 atom stereocenters. The van der Waals surface area contributed by atoms with Gasteiger partial charge in [-0.05, 0) is 43.4 Å². The van der Waals surface area contributed by atoms with Gasteiger partial charge in [0.25, 0.3) is 0 Å². The summed E-state index contributed by atoms with van der Waals surface area (Å²) in [6.45, 7) is 14.6. The Bertz CT molecular complexity index is 831. The quantitative estimate of drug-likeness (QED) is 0.454. The summed E-state index contributed by atoms with van der Waals surface area (Å²) in [5.41, 5.74) is 4.28. The summed E-state index contributed by atoms with van der Waals surface area (Å²) in [7, 11) is 0. The second kappa shape index (κ2) is 14.8. The molecule has 3 rings (SSSR count). The van der Waals surface area contributed by atoms with E-state index in [2.05, 4.69) is 32.2 Å². The molecule has 0 saturated heterocycles. The average Bonchev–Trinajstić information content (AvgIpc) is 2.82. The maximum atomic E-state index is 10.7. The molecule has 0 radical (unpaired) electrons. The van der Waals surface area contributed by atoms with Gasteiger partial charge in [-0.2, -0.15) is 0 Å². The normalized spacial score (nSPS) is 14.9. The second-order valence-corrected chi connectivity index (χ2v) is 8.28. The van der Waals surface area contributed by atoms with E-state index >= 15 is 0 Å². The third kappa shape index (κ3) is 7.80. The minimum absolute atomic E-state index is 0.446. The maximum Gasteiger partial charge on any atom is 0.167 e. The van der Waals surface area contributed by atoms with Crippen LogP contribution in [0, 0.1) is 0 Å². The lowest BCUT2D eigenvalue weighted by molar-refractivity contribution is -0.107. The summed E-state index contributed by atoms with van der Waals surface area (Å²) in [5, 5.41) is 4.09. The zero-order valence-electron chi connectivity index (χ0n) is 20.3. The van der Waals surface area contributed by atoms with E-state index in [-0.39, 0.29) is 0 Å². The lowest BCUT2D eigenvalue weighted by Gasteiger charge is -2.20. The van der Waals surface area contributed by atoms with Crippen molar-refractivity contribution in [1.29, 1.82) is 0 Å². The van der Waals surface area contributed by atoms with Crippen LogP contribution in [0.3, 0.4) is 0 Å². The topological polar surface area (TPSA) is 54.9 Å². The maximum absolute atomic E-state index is 10.7. The van der Waals surface area contributed by atoms with Crippen molar-refractivity contribution in [1.82, 2.24) is 9.97 Å². The number of aldehydes is 1. The van der Waals surface area contributed by atoms with E-state index in [0.717, 1.165) is 54.1 Å². The van der Waals surface area contributed by atoms with E-state index in [1.165, 1.54) is 16.9 Å². The summed E-state index contributed by atoms with van der Waals surface area (Å²) in [4.78, 5) is 21.6. The van der Waals surface area contributed by atoms with Crippen molar-refractivity contribution in [3.63, 3.8) is 0 Å². The fourth-order valence-electron chi connectivity index (χ4n) is 3.28. The molecule has 0 aliphatic carbocycles. The number of aromatic nitrogens is 2. The predicted molar refractivity (Wildman–Crippen MR) is 137 cm³/mol. The molecule has 2 heterocycles. The molecular formula is C26H39N3OS. The third-order valence-electron chi connectivity index (χ3n) is 4.77. The van der Waals surface area contributed by atoms with E-state index in [1.54, 1.807) is 0 Å². The number of nitrogens with one attached hydrogen (secondary N) is 1. The van der Waals surface area contributed by atoms with Crippen LogP contribution >= 0.6 is 11.8 Å². The van der Waals surface area contributed by atoms with E-state index in [4.69, 9.17) is 9.97 Å². The third-order valence-corrected chi connectivity index (χ3v) is 6.01. The Kier molecular flexibility index (Phi) is 12.8. The first-order chi connectivity index (χ1) is 15.1. The molecule has 1 N–H and O–H groups in total. The van der Waals surface area contributed by atoms with Crippen LogP contribution in [0.15, 0.2) is 30.3 Å². The van der Waals surface area contributed by atoms with Crippen molar-refractivity contribution in [3.8, 4) is 0 Å². The standard InChI is InChI=1S/C22H27N3OS.2C2H6/c1-4-18-19(5-2)24-22(20-8-6-7-15(3)27-20)25-21(18)23-17-11-9-16(10-12-17)13-14-26;2*1-2/h8-12,14-15H,4-7,13H2,1-3H3,(H,23,24,25);2*1-2H3. The molecule has 0 bridgehead atoms. The van der Waals surface area contributed by atoms with Gasteiger partial charge in [0, 0.05) is 33.5 Å². The largest absolute Gasteiger partial charge is 0.340 e. The molecule has 5 heteroatoms. The molecule has 0 spiro atoms. The summed E-state index contributed by atoms with van der Waals surface area (Å²) >= 11 is 1.87. The smallest absolute Gasteiger partial charge is 0.167 e. The van der Waals surface area contributed by atoms with Gasteiger partial charge in [0.05, 0.1) is 0 Å². The van der Waals surface area contributed by atoms with Crippen molar-refractivity contribution < 1.29 is 4.79 Å². The lowest BCUT2D eigenvalue weighted by Crippen LogP contribution is -2.10. The summed E-state index contributed by atoms with van der Waals surface area (Å²) in [6, 6.07) is 7.96. The summed E-state index contributed by atoms with van der Waals surface area (Å²) in [6.07, 6.45) is 7.71. The molecule has 1 unspecified atom stereocenters. The van der Waals surface area contributed by atoms with Gasteiger partial charge >= 0.3 is 0 Å². The van der Waals surface area contributed by atoms with Crippen LogP contribution in [0.4, 0.5) is 11.5 Å². The highest BCUT2D eigenvalue weighted by Crippen LogP contribution is 2.37. The zero-order chi connectivity index (χ0) is 23.2. The molecule has 1 aromatic carbocycles. The highest BCUT2D eigenvalue weighted by atomic mass is 32.2. The monoisotopic (exact) mass is 441 g/mol. The molecule has 31 heavy (non-hydrogen) atoms. The van der Waals surface area contributed by atoms with Crippen LogP contribution in [0.25, 0.3) is 4.91 Å². The Labute approximate surface area is 193 Å². The molecule has 1 aliphatic rings. The summed E-state index contributed by atoms with van der Waals surface area (Å²) in [5.74, 6) is 1.72. The number of benzene rings is 1. The van der Waals surface area contributed by atoms with Gasteiger partial charge in [0.1, 0.15) is 12.1 Å². The molecule has 4 nitrogen and oxygen atoms in total. The number of hydrogen-bond donors (Lipinski definition) is 1. The van der Waals surface area contributed by atoms with Crippen molar-refractivity contribution >= 4 is 34.5 Å². The first-order valence-corrected chi connectivity index (χ1v) is 12.6. The van der Waals surface area contributed by atoms with Crippen LogP contribution in [0.1, 0.15) is 84.0 Å². The van der Waals surface area contributed by atoms with Crippen LogP contribution in [-0.2, 0) is 24.1 Å². The Morgan fingerprint density at radius 2 is 1.74 bits per heavy atom. The van der Waals surface area contributed by atoms with Gasteiger partial charge in [-0.1, -0.05) is 66.7 Å². The van der Waals surface area contributed by atoms with Crippen molar-refractivity contribution in [2.75, 3.05) is 5.32 Å². The highest BCUT2D eigenvalue weighted by molar-refractivity contribution is 8.08. The molecule has 0 saturated carbocycles. The van der Waals surface area contributed by atoms with Crippen LogP contribution in [-0.4, -0.2) is 21.5 Å². The fourth-order valence-corrected chi connectivity index (χ4v) is 4.38. The number of carbonyl (C=O) groups is 1. The molecule has 2 aromatic rings. The minimum atomic E-state index is 0.446. The van der Waals surface area contributed by atoms with Crippen LogP contribution < -0.4 is 5.32 Å². The average molecular weight is 442 g/mol. The summed E-state index contributed by atoms with van der Waals surface area (Å²) < 4.78 is 0. The molecule has 1 aliphatic heterocycles. The van der Waals surface area contributed by atoms with Crippen LogP contribution in [0.5, 0.6) is 0 Å². The van der Waals surface area contributed by atoms with E-state index < -0.39 is 0 Å². The van der Waals surface area contributed by atoms with Gasteiger partial charge in [-0.3, -0.25) is 0 Å². The molecular weight excluding hydrogens is 402 g/mol. The van der Waals surface area contributed by atoms with Gasteiger partial charge in [-0.25, -0.2) is 9.97 Å². The van der Waals surface area contributed by atoms with Crippen molar-refractivity contribution in [2.45, 2.75) is 85.8 Å². The Balaban J connectivity index is 0.00000113. The second-order valence-electron chi connectivity index (χ2n) is 6.80. The number of anilines is 2. The van der Waals surface area contributed by atoms with Gasteiger partial charge < -0.3 is 10.1 Å². The van der Waals surface area contributed by atoms with Crippen LogP contribution in [0.2, 0.25) is 0 Å². The predicted octanol–water partition coefficient (Wildman–Crippen LogP) is 7.40. The zero-order valence-corrected chi connectivity index (χ0v) is 21.1. The molecule has 0 fully saturated rings. The molecule has 170 valence electrons. The van der Waals surface area contributed by atoms with E-state index in [9.17, 15) is 4.79 Å². The Hall–Kier alpha value is -2.14. The fraction of sp³-hybridized carbons (Fsp3) is 0.500. The first-order valence-electron chi connectivity index (χ1n) is 11.7. The number of thioether (sulfide) groups is 1. The number of aryl methyl sites for hydroxylation is 1. The highest BCUT2D eigenvalue weighted by Gasteiger charge is 2.19. The number of nitrogens with zero attached hydrogens (tertiary/aromatic N) is 2. The lowest BCUT2D eigenvalue weighted by atomic mass is 10.1. The van der Waals surface area contributed by atoms with E-state index in [0.29, 0.717) is 11.7 Å². The molecule has 0 amide bonds. The number of hydrogen-bond acceptors (Lipinski definition) is 5. The van der Waals surface area contributed by atoms with Gasteiger partial charge in [-0.15, -0.1) is 11.8 Å². The van der Waals surface area contributed by atoms with E-state index in [1.807, 2.05) is 63.7 Å². The number of carbonyl (C=O) groups excluding carboxylic acids is 1. The first kappa shape index (κ1) is 26.9. The van der Waals surface area contributed by atoms with Crippen molar-refractivity contribution in [3.05, 3.63) is 53.0 Å². The molecule has 1 aromatic heterocycles. The minimum Gasteiger partial charge on any atom is -0.340 e. The van der Waals surface area contributed by atoms with Gasteiger partial charge in [0.2, 0.25) is 0 Å². The van der Waals surface area contributed by atoms with Crippen molar-refractivity contribution in [2.24, 2.45) is 0 Å². The SMILES string of the molecule is CC.CC.CCc1nc(C2=CCCC(C)S2)nc(Nc2ccc(CC=O)cc2)c1CC. The number of allylic oxidation sites excluding steroid dienone is 1. The number of rotatable bonds is 7. The Morgan fingerprint density at radius 1 is 1.06 bits per heavy atom. The Morgan fingerprint density at radius 3 is 2.29 bits per heavy atom.